The number of hydrogen-bond acceptors (Lipinski definition) is 6. The Kier molecular flexibility index (Phi) is 4.19. The topological polar surface area (TPSA) is 60.4 Å². The van der Waals surface area contributed by atoms with Crippen molar-refractivity contribution in [2.45, 2.75) is 32.9 Å². The van der Waals surface area contributed by atoms with E-state index in [9.17, 15) is 0 Å². The molecule has 2 heterocycles. The second-order valence-electron chi connectivity index (χ2n) is 4.27. The lowest BCUT2D eigenvalue weighted by atomic mass is 10.2. The van der Waals surface area contributed by atoms with E-state index in [1.54, 1.807) is 0 Å². The molecule has 1 aliphatic heterocycles. The summed E-state index contributed by atoms with van der Waals surface area (Å²) in [4.78, 5) is 14.4. The molecule has 1 aromatic heterocycles. The summed E-state index contributed by atoms with van der Waals surface area (Å²) in [5.74, 6) is 0.543. The largest absolute Gasteiger partial charge is 0.464 e. The fourth-order valence-corrected chi connectivity index (χ4v) is 1.97. The van der Waals surface area contributed by atoms with Crippen molar-refractivity contribution in [2.24, 2.45) is 0 Å². The first-order valence-corrected chi connectivity index (χ1v) is 6.40. The number of hydrogen-bond donors (Lipinski definition) is 0. The molecule has 2 atom stereocenters. The quantitative estimate of drug-likeness (QED) is 0.832. The van der Waals surface area contributed by atoms with Gasteiger partial charge >= 0.3 is 6.01 Å². The molecule has 0 amide bonds. The van der Waals surface area contributed by atoms with E-state index in [0.29, 0.717) is 19.2 Å². The molecule has 0 N–H and O–H groups in total. The molecule has 100 valence electrons. The molecule has 2 unspecified atom stereocenters. The molecule has 1 saturated heterocycles. The third kappa shape index (κ3) is 3.00. The number of morpholine rings is 1. The van der Waals surface area contributed by atoms with Crippen LogP contribution in [0.2, 0.25) is 5.28 Å². The van der Waals surface area contributed by atoms with Gasteiger partial charge in [-0.15, -0.1) is 0 Å². The number of halogens is 1. The summed E-state index contributed by atoms with van der Waals surface area (Å²) >= 11 is 5.89. The summed E-state index contributed by atoms with van der Waals surface area (Å²) in [6.07, 6.45) is 0.146. The first-order valence-electron chi connectivity index (χ1n) is 6.02. The fourth-order valence-electron chi connectivity index (χ4n) is 1.83. The lowest BCUT2D eigenvalue weighted by Gasteiger charge is -2.36. The average Bonchev–Trinajstić information content (AvgIpc) is 2.32. The van der Waals surface area contributed by atoms with E-state index in [-0.39, 0.29) is 23.4 Å². The van der Waals surface area contributed by atoms with Gasteiger partial charge in [0, 0.05) is 6.54 Å². The normalized spacial score (nSPS) is 24.1. The SMILES string of the molecule is CCOc1nc(Cl)nc(N2CC(C)OCC2C)n1. The van der Waals surface area contributed by atoms with Crippen molar-refractivity contribution in [3.63, 3.8) is 0 Å². The van der Waals surface area contributed by atoms with Crippen LogP contribution in [0.1, 0.15) is 20.8 Å². The van der Waals surface area contributed by atoms with Crippen molar-refractivity contribution in [2.75, 3.05) is 24.7 Å². The maximum absolute atomic E-state index is 5.89. The van der Waals surface area contributed by atoms with E-state index < -0.39 is 0 Å². The van der Waals surface area contributed by atoms with Gasteiger partial charge in [-0.3, -0.25) is 0 Å². The summed E-state index contributed by atoms with van der Waals surface area (Å²) in [7, 11) is 0. The van der Waals surface area contributed by atoms with Crippen LogP contribution in [0.25, 0.3) is 0 Å². The third-order valence-electron chi connectivity index (χ3n) is 2.71. The Morgan fingerprint density at radius 3 is 2.89 bits per heavy atom. The van der Waals surface area contributed by atoms with Crippen LogP contribution in [0.5, 0.6) is 6.01 Å². The lowest BCUT2D eigenvalue weighted by molar-refractivity contribution is 0.0336. The van der Waals surface area contributed by atoms with Gasteiger partial charge in [-0.1, -0.05) is 0 Å². The maximum Gasteiger partial charge on any atom is 0.322 e. The molecule has 0 aromatic carbocycles. The molecule has 18 heavy (non-hydrogen) atoms. The molecule has 1 aliphatic rings. The van der Waals surface area contributed by atoms with Crippen LogP contribution in [0.15, 0.2) is 0 Å². The van der Waals surface area contributed by atoms with Crippen molar-refractivity contribution in [3.05, 3.63) is 5.28 Å². The van der Waals surface area contributed by atoms with Gasteiger partial charge in [0.05, 0.1) is 25.4 Å². The zero-order valence-corrected chi connectivity index (χ0v) is 11.5. The van der Waals surface area contributed by atoms with Crippen molar-refractivity contribution < 1.29 is 9.47 Å². The van der Waals surface area contributed by atoms with Gasteiger partial charge in [0.15, 0.2) is 0 Å². The summed E-state index contributed by atoms with van der Waals surface area (Å²) in [6, 6.07) is 0.466. The van der Waals surface area contributed by atoms with Gasteiger partial charge in [-0.05, 0) is 32.4 Å². The predicted molar refractivity (Wildman–Crippen MR) is 68.2 cm³/mol. The maximum atomic E-state index is 5.89. The predicted octanol–water partition coefficient (Wildman–Crippen LogP) is 1.54. The van der Waals surface area contributed by atoms with E-state index in [2.05, 4.69) is 26.8 Å². The Hall–Kier alpha value is -1.14. The van der Waals surface area contributed by atoms with Gasteiger partial charge < -0.3 is 14.4 Å². The molecule has 7 heteroatoms. The standard InChI is InChI=1S/C11H17ClN4O2/c1-4-17-11-14-9(12)13-10(15-11)16-5-8(3)18-6-7(16)2/h7-8H,4-6H2,1-3H3. The molecule has 1 fully saturated rings. The molecule has 0 bridgehead atoms. The molecular formula is C11H17ClN4O2. The molecule has 2 rings (SSSR count). The van der Waals surface area contributed by atoms with Gasteiger partial charge in [0.1, 0.15) is 0 Å². The second-order valence-corrected chi connectivity index (χ2v) is 4.60. The van der Waals surface area contributed by atoms with Crippen molar-refractivity contribution in [1.82, 2.24) is 15.0 Å². The molecule has 0 spiro atoms. The summed E-state index contributed by atoms with van der Waals surface area (Å²) in [6.45, 7) is 7.82. The van der Waals surface area contributed by atoms with Gasteiger partial charge in [-0.25, -0.2) is 0 Å². The summed E-state index contributed by atoms with van der Waals surface area (Å²) in [5, 5.41) is 0.148. The van der Waals surface area contributed by atoms with Crippen LogP contribution in [0, 0.1) is 0 Å². The zero-order chi connectivity index (χ0) is 13.1. The van der Waals surface area contributed by atoms with Crippen LogP contribution in [-0.4, -0.2) is 46.9 Å². The molecule has 0 aliphatic carbocycles. The van der Waals surface area contributed by atoms with E-state index in [1.165, 1.54) is 0 Å². The number of rotatable bonds is 3. The third-order valence-corrected chi connectivity index (χ3v) is 2.88. The van der Waals surface area contributed by atoms with Crippen molar-refractivity contribution >= 4 is 17.5 Å². The Morgan fingerprint density at radius 2 is 2.17 bits per heavy atom. The van der Waals surface area contributed by atoms with E-state index in [0.717, 1.165) is 6.54 Å². The second kappa shape index (κ2) is 5.67. The van der Waals surface area contributed by atoms with Gasteiger partial charge in [0.25, 0.3) is 0 Å². The number of ether oxygens (including phenoxy) is 2. The number of nitrogens with zero attached hydrogens (tertiary/aromatic N) is 4. The van der Waals surface area contributed by atoms with Gasteiger partial charge in [0.2, 0.25) is 11.2 Å². The smallest absolute Gasteiger partial charge is 0.322 e. The Morgan fingerprint density at radius 1 is 1.39 bits per heavy atom. The van der Waals surface area contributed by atoms with E-state index in [4.69, 9.17) is 21.1 Å². The minimum atomic E-state index is 0.146. The highest BCUT2D eigenvalue weighted by atomic mass is 35.5. The van der Waals surface area contributed by atoms with Crippen LogP contribution in [0.4, 0.5) is 5.95 Å². The molecule has 0 saturated carbocycles. The first kappa shape index (κ1) is 13.3. The molecule has 0 radical (unpaired) electrons. The first-order chi connectivity index (χ1) is 8.60. The van der Waals surface area contributed by atoms with Gasteiger partial charge in [-0.2, -0.15) is 15.0 Å². The monoisotopic (exact) mass is 272 g/mol. The number of aromatic nitrogens is 3. The van der Waals surface area contributed by atoms with Crippen molar-refractivity contribution in [3.8, 4) is 6.01 Å². The Balaban J connectivity index is 2.25. The molecule has 1 aromatic rings. The van der Waals surface area contributed by atoms with Crippen LogP contribution >= 0.6 is 11.6 Å². The zero-order valence-electron chi connectivity index (χ0n) is 10.8. The summed E-state index contributed by atoms with van der Waals surface area (Å²) in [5.41, 5.74) is 0. The highest BCUT2D eigenvalue weighted by Crippen LogP contribution is 2.21. The highest BCUT2D eigenvalue weighted by molar-refractivity contribution is 6.28. The minimum Gasteiger partial charge on any atom is -0.464 e. The highest BCUT2D eigenvalue weighted by Gasteiger charge is 2.26. The summed E-state index contributed by atoms with van der Waals surface area (Å²) < 4.78 is 10.8. The Labute approximate surface area is 111 Å². The number of anilines is 1. The van der Waals surface area contributed by atoms with Crippen LogP contribution < -0.4 is 9.64 Å². The van der Waals surface area contributed by atoms with Crippen LogP contribution in [-0.2, 0) is 4.74 Å². The van der Waals surface area contributed by atoms with Crippen molar-refractivity contribution in [1.29, 1.82) is 0 Å². The van der Waals surface area contributed by atoms with E-state index >= 15 is 0 Å². The molecular weight excluding hydrogens is 256 g/mol. The average molecular weight is 273 g/mol. The molecule has 6 nitrogen and oxygen atoms in total. The lowest BCUT2D eigenvalue weighted by Crippen LogP contribution is -2.48. The van der Waals surface area contributed by atoms with Crippen LogP contribution in [0.3, 0.4) is 0 Å². The Bertz CT molecular complexity index is 418. The fraction of sp³-hybridized carbons (Fsp3) is 0.727. The minimum absolute atomic E-state index is 0.146. The van der Waals surface area contributed by atoms with E-state index in [1.807, 2.05) is 13.8 Å².